The molecule has 0 aliphatic carbocycles. The summed E-state index contributed by atoms with van der Waals surface area (Å²) in [4.78, 5) is 24.4. The summed E-state index contributed by atoms with van der Waals surface area (Å²) in [5.41, 5.74) is -0.137. The van der Waals surface area contributed by atoms with E-state index >= 15 is 0 Å². The molecule has 7 nitrogen and oxygen atoms in total. The first-order valence-electron chi connectivity index (χ1n) is 7.95. The van der Waals surface area contributed by atoms with Crippen molar-refractivity contribution in [3.05, 3.63) is 68.4 Å². The van der Waals surface area contributed by atoms with Gasteiger partial charge in [-0.1, -0.05) is 6.07 Å². The number of rotatable bonds is 7. The fraction of sp³-hybridized carbons (Fsp3) is 0.222. The van der Waals surface area contributed by atoms with Gasteiger partial charge in [0, 0.05) is 5.69 Å². The average Bonchev–Trinajstić information content (AvgIpc) is 3.05. The van der Waals surface area contributed by atoms with Gasteiger partial charge in [0.15, 0.2) is 0 Å². The SMILES string of the molecule is Cc1ccc(CNc2c(Nc3cccc(S(=O)N(C)C)c3)c(=O)c2=O)o1. The Hall–Kier alpha value is -2.71. The van der Waals surface area contributed by atoms with Gasteiger partial charge in [-0.2, -0.15) is 0 Å². The molecule has 1 atom stereocenters. The highest BCUT2D eigenvalue weighted by molar-refractivity contribution is 7.82. The lowest BCUT2D eigenvalue weighted by atomic mass is 10.1. The van der Waals surface area contributed by atoms with Gasteiger partial charge in [0.2, 0.25) is 0 Å². The summed E-state index contributed by atoms with van der Waals surface area (Å²) in [7, 11) is 2.13. The predicted molar refractivity (Wildman–Crippen MR) is 102 cm³/mol. The normalized spacial score (nSPS) is 12.5. The third-order valence-electron chi connectivity index (χ3n) is 3.78. The molecule has 0 saturated carbocycles. The van der Waals surface area contributed by atoms with E-state index in [0.717, 1.165) is 5.76 Å². The number of nitrogens with one attached hydrogen (secondary N) is 2. The minimum absolute atomic E-state index is 0.200. The highest BCUT2D eigenvalue weighted by atomic mass is 32.2. The van der Waals surface area contributed by atoms with Crippen molar-refractivity contribution in [2.24, 2.45) is 0 Å². The number of anilines is 3. The predicted octanol–water partition coefficient (Wildman–Crippen LogP) is 2.12. The molecule has 1 heterocycles. The molecule has 0 amide bonds. The van der Waals surface area contributed by atoms with Crippen LogP contribution in [0.15, 0.2) is 55.3 Å². The van der Waals surface area contributed by atoms with Crippen LogP contribution in [0.2, 0.25) is 0 Å². The monoisotopic (exact) mass is 373 g/mol. The molecule has 1 aromatic heterocycles. The van der Waals surface area contributed by atoms with Crippen LogP contribution in [0.1, 0.15) is 11.5 Å². The summed E-state index contributed by atoms with van der Waals surface area (Å²) >= 11 is 0. The van der Waals surface area contributed by atoms with Crippen LogP contribution < -0.4 is 21.5 Å². The van der Waals surface area contributed by atoms with E-state index in [1.54, 1.807) is 48.7 Å². The fourth-order valence-electron chi connectivity index (χ4n) is 2.47. The second kappa shape index (κ2) is 7.27. The summed E-state index contributed by atoms with van der Waals surface area (Å²) in [5.74, 6) is 1.45. The minimum Gasteiger partial charge on any atom is -0.465 e. The van der Waals surface area contributed by atoms with Gasteiger partial charge < -0.3 is 15.1 Å². The minimum atomic E-state index is -1.30. The van der Waals surface area contributed by atoms with Crippen molar-refractivity contribution in [2.45, 2.75) is 18.4 Å². The van der Waals surface area contributed by atoms with Crippen LogP contribution in [0, 0.1) is 6.92 Å². The quantitative estimate of drug-likeness (QED) is 0.617. The van der Waals surface area contributed by atoms with Gasteiger partial charge >= 0.3 is 0 Å². The second-order valence-corrected chi connectivity index (χ2v) is 7.69. The molecule has 26 heavy (non-hydrogen) atoms. The van der Waals surface area contributed by atoms with Crippen LogP contribution in [-0.4, -0.2) is 22.6 Å². The molecule has 0 fully saturated rings. The van der Waals surface area contributed by atoms with Crippen LogP contribution in [0.5, 0.6) is 0 Å². The molecular formula is C18H19N3O4S. The van der Waals surface area contributed by atoms with E-state index in [0.29, 0.717) is 22.9 Å². The van der Waals surface area contributed by atoms with Crippen molar-refractivity contribution in [1.82, 2.24) is 4.31 Å². The number of aryl methyl sites for hydroxylation is 1. The van der Waals surface area contributed by atoms with E-state index in [9.17, 15) is 13.8 Å². The lowest BCUT2D eigenvalue weighted by Crippen LogP contribution is -2.36. The maximum Gasteiger partial charge on any atom is 0.253 e. The third-order valence-corrected chi connectivity index (χ3v) is 5.10. The molecule has 0 spiro atoms. The molecule has 1 unspecified atom stereocenters. The maximum atomic E-state index is 12.2. The smallest absolute Gasteiger partial charge is 0.253 e. The number of hydrogen-bond donors (Lipinski definition) is 2. The number of furan rings is 1. The van der Waals surface area contributed by atoms with Gasteiger partial charge in [-0.3, -0.25) is 9.59 Å². The maximum absolute atomic E-state index is 12.2. The third kappa shape index (κ3) is 3.61. The first kappa shape index (κ1) is 18.1. The van der Waals surface area contributed by atoms with Gasteiger partial charge in [0.05, 0.1) is 11.4 Å². The van der Waals surface area contributed by atoms with E-state index in [1.807, 2.05) is 13.0 Å². The Kier molecular flexibility index (Phi) is 5.06. The van der Waals surface area contributed by atoms with E-state index < -0.39 is 21.8 Å². The molecule has 0 bridgehead atoms. The lowest BCUT2D eigenvalue weighted by molar-refractivity contribution is 0.490. The van der Waals surface area contributed by atoms with Crippen LogP contribution in [0.3, 0.4) is 0 Å². The van der Waals surface area contributed by atoms with Crippen molar-refractivity contribution in [2.75, 3.05) is 24.7 Å². The van der Waals surface area contributed by atoms with Gasteiger partial charge in [-0.05, 0) is 51.4 Å². The average molecular weight is 373 g/mol. The zero-order chi connectivity index (χ0) is 18.8. The zero-order valence-corrected chi connectivity index (χ0v) is 15.5. The van der Waals surface area contributed by atoms with Gasteiger partial charge in [-0.15, -0.1) is 0 Å². The van der Waals surface area contributed by atoms with Crippen molar-refractivity contribution in [3.63, 3.8) is 0 Å². The first-order chi connectivity index (χ1) is 12.4. The van der Waals surface area contributed by atoms with Gasteiger partial charge in [-0.25, -0.2) is 8.51 Å². The van der Waals surface area contributed by atoms with Crippen molar-refractivity contribution in [3.8, 4) is 0 Å². The number of hydrogen-bond acceptors (Lipinski definition) is 6. The standard InChI is InChI=1S/C18H19N3O4S/c1-11-7-8-13(25-11)10-19-15-16(18(23)17(15)22)20-12-5-4-6-14(9-12)26(24)21(2)3/h4-9,19-20H,10H2,1-3H3. The molecule has 2 aromatic carbocycles. The molecule has 3 rings (SSSR count). The van der Waals surface area contributed by atoms with E-state index in [4.69, 9.17) is 4.42 Å². The van der Waals surface area contributed by atoms with Crippen LogP contribution >= 0.6 is 0 Å². The Morgan fingerprint density at radius 3 is 2.46 bits per heavy atom. The number of nitrogens with zero attached hydrogens (tertiary/aromatic N) is 1. The second-order valence-electron chi connectivity index (χ2n) is 5.99. The van der Waals surface area contributed by atoms with E-state index in [-0.39, 0.29) is 11.4 Å². The fourth-order valence-corrected chi connectivity index (χ4v) is 3.32. The molecule has 136 valence electrons. The molecule has 2 N–H and O–H groups in total. The lowest BCUT2D eigenvalue weighted by Gasteiger charge is -2.15. The first-order valence-corrected chi connectivity index (χ1v) is 9.06. The van der Waals surface area contributed by atoms with Crippen molar-refractivity contribution >= 4 is 28.0 Å². The molecule has 0 aliphatic rings. The van der Waals surface area contributed by atoms with E-state index in [2.05, 4.69) is 10.6 Å². The van der Waals surface area contributed by atoms with Crippen LogP contribution in [-0.2, 0) is 17.5 Å². The summed E-state index contributed by atoms with van der Waals surface area (Å²) < 4.78 is 19.2. The van der Waals surface area contributed by atoms with Crippen molar-refractivity contribution < 1.29 is 8.63 Å². The summed E-state index contributed by atoms with van der Waals surface area (Å²) in [5, 5.41) is 5.89. The summed E-state index contributed by atoms with van der Waals surface area (Å²) in [6.45, 7) is 2.14. The summed E-state index contributed by atoms with van der Waals surface area (Å²) in [6, 6.07) is 10.5. The molecule has 3 aromatic rings. The topological polar surface area (TPSA) is 91.6 Å². The zero-order valence-electron chi connectivity index (χ0n) is 14.7. The Morgan fingerprint density at radius 1 is 1.08 bits per heavy atom. The molecule has 0 radical (unpaired) electrons. The molecular weight excluding hydrogens is 354 g/mol. The van der Waals surface area contributed by atoms with Crippen LogP contribution in [0.25, 0.3) is 0 Å². The highest BCUT2D eigenvalue weighted by Gasteiger charge is 2.21. The Balaban J connectivity index is 1.78. The molecule has 8 heteroatoms. The summed E-state index contributed by atoms with van der Waals surface area (Å²) in [6.07, 6.45) is 0. The van der Waals surface area contributed by atoms with Gasteiger partial charge in [0.25, 0.3) is 10.9 Å². The largest absolute Gasteiger partial charge is 0.465 e. The van der Waals surface area contributed by atoms with Gasteiger partial charge in [0.1, 0.15) is 33.9 Å². The highest BCUT2D eigenvalue weighted by Crippen LogP contribution is 2.23. The van der Waals surface area contributed by atoms with Crippen molar-refractivity contribution in [1.29, 1.82) is 0 Å². The van der Waals surface area contributed by atoms with Crippen LogP contribution in [0.4, 0.5) is 17.1 Å². The molecule has 0 saturated heterocycles. The molecule has 0 aliphatic heterocycles. The Morgan fingerprint density at radius 2 is 1.81 bits per heavy atom. The Bertz CT molecular complexity index is 1030. The number of benzene rings is 1. The van der Waals surface area contributed by atoms with E-state index in [1.165, 1.54) is 0 Å². The Labute approximate surface area is 152 Å².